The number of aromatic nitrogens is 3. The van der Waals surface area contributed by atoms with Crippen LogP contribution in [-0.4, -0.2) is 45.4 Å². The zero-order valence-corrected chi connectivity index (χ0v) is 15.4. The van der Waals surface area contributed by atoms with E-state index < -0.39 is 0 Å². The lowest BCUT2D eigenvalue weighted by atomic mass is 10.2. The molecule has 2 heterocycles. The van der Waals surface area contributed by atoms with Crippen LogP contribution in [-0.2, 0) is 6.67 Å². The molecular weight excluding hydrogens is 342 g/mol. The number of piperazine rings is 1. The van der Waals surface area contributed by atoms with E-state index in [9.17, 15) is 0 Å². The van der Waals surface area contributed by atoms with Crippen molar-refractivity contribution in [2.75, 3.05) is 31.1 Å². The topological polar surface area (TPSA) is 29.2 Å². The molecule has 5 nitrogen and oxygen atoms in total. The average molecular weight is 364 g/mol. The Balaban J connectivity index is 1.40. The van der Waals surface area contributed by atoms with Gasteiger partial charge in [-0.2, -0.15) is 5.10 Å². The maximum Gasteiger partial charge on any atom is 0.199 e. The van der Waals surface area contributed by atoms with Gasteiger partial charge in [0, 0.05) is 42.9 Å². The van der Waals surface area contributed by atoms with Gasteiger partial charge in [-0.05, 0) is 50.2 Å². The molecule has 0 N–H and O–H groups in total. The smallest absolute Gasteiger partial charge is 0.199 e. The van der Waals surface area contributed by atoms with E-state index in [1.807, 2.05) is 22.9 Å². The number of nitrogens with zero attached hydrogens (tertiary/aromatic N) is 5. The Kier molecular flexibility index (Phi) is 4.37. The van der Waals surface area contributed by atoms with Crippen molar-refractivity contribution in [3.63, 3.8) is 0 Å². The van der Waals surface area contributed by atoms with Crippen molar-refractivity contribution in [2.45, 2.75) is 32.5 Å². The van der Waals surface area contributed by atoms with Gasteiger partial charge in [-0.3, -0.25) is 4.90 Å². The highest BCUT2D eigenvalue weighted by Gasteiger charge is 2.27. The molecule has 1 aliphatic carbocycles. The minimum absolute atomic E-state index is 0.589. The zero-order chi connectivity index (χ0) is 16.7. The van der Waals surface area contributed by atoms with Crippen LogP contribution in [0.1, 0.15) is 24.7 Å². The molecule has 0 atom stereocenters. The van der Waals surface area contributed by atoms with Gasteiger partial charge in [0.25, 0.3) is 0 Å². The van der Waals surface area contributed by atoms with E-state index >= 15 is 0 Å². The normalized spacial score (nSPS) is 19.0. The van der Waals surface area contributed by atoms with Gasteiger partial charge < -0.3 is 9.47 Å². The third-order valence-corrected chi connectivity index (χ3v) is 5.48. The van der Waals surface area contributed by atoms with Gasteiger partial charge in [0.2, 0.25) is 0 Å². The molecule has 0 unspecified atom stereocenters. The predicted octanol–water partition coefficient (Wildman–Crippen LogP) is 3.49. The second kappa shape index (κ2) is 6.50. The Labute approximate surface area is 152 Å². The van der Waals surface area contributed by atoms with Crippen molar-refractivity contribution in [3.05, 3.63) is 39.9 Å². The monoisotopic (exact) mass is 363 g/mol. The lowest BCUT2D eigenvalue weighted by Crippen LogP contribution is -2.47. The fourth-order valence-corrected chi connectivity index (χ4v) is 3.95. The van der Waals surface area contributed by atoms with Crippen LogP contribution in [0.25, 0.3) is 0 Å². The molecule has 4 rings (SSSR count). The third kappa shape index (κ3) is 3.23. The molecule has 0 spiro atoms. The lowest BCUT2D eigenvalue weighted by molar-refractivity contribution is 0.194. The van der Waals surface area contributed by atoms with Crippen LogP contribution >= 0.6 is 23.8 Å². The summed E-state index contributed by atoms with van der Waals surface area (Å²) in [5.41, 5.74) is 1.20. The van der Waals surface area contributed by atoms with Gasteiger partial charge in [-0.1, -0.05) is 17.7 Å². The van der Waals surface area contributed by atoms with E-state index in [1.54, 1.807) is 0 Å². The largest absolute Gasteiger partial charge is 0.369 e. The summed E-state index contributed by atoms with van der Waals surface area (Å²) in [7, 11) is 0. The molecular formula is C17H22ClN5S. The molecule has 0 amide bonds. The number of rotatable bonds is 4. The Morgan fingerprint density at radius 2 is 1.96 bits per heavy atom. The number of anilines is 1. The maximum absolute atomic E-state index is 6.10. The number of halogens is 1. The second-order valence-electron chi connectivity index (χ2n) is 6.66. The molecule has 2 aromatic rings. The van der Waals surface area contributed by atoms with Crippen molar-refractivity contribution >= 4 is 29.5 Å². The molecule has 1 saturated carbocycles. The summed E-state index contributed by atoms with van der Waals surface area (Å²) in [5.74, 6) is 1.04. The van der Waals surface area contributed by atoms with E-state index in [0.717, 1.165) is 48.5 Å². The van der Waals surface area contributed by atoms with Crippen LogP contribution < -0.4 is 4.90 Å². The molecule has 1 aromatic heterocycles. The van der Waals surface area contributed by atoms with Gasteiger partial charge >= 0.3 is 0 Å². The summed E-state index contributed by atoms with van der Waals surface area (Å²) in [4.78, 5) is 4.80. The van der Waals surface area contributed by atoms with Crippen molar-refractivity contribution < 1.29 is 0 Å². The van der Waals surface area contributed by atoms with Crippen LogP contribution in [0.4, 0.5) is 5.69 Å². The summed E-state index contributed by atoms with van der Waals surface area (Å²) in [6.45, 7) is 6.84. The van der Waals surface area contributed by atoms with Gasteiger partial charge in [0.15, 0.2) is 4.77 Å². The Morgan fingerprint density at radius 1 is 1.21 bits per heavy atom. The van der Waals surface area contributed by atoms with E-state index in [2.05, 4.69) is 32.5 Å². The molecule has 1 saturated heterocycles. The van der Waals surface area contributed by atoms with Crippen molar-refractivity contribution in [1.82, 2.24) is 19.2 Å². The zero-order valence-electron chi connectivity index (χ0n) is 13.9. The van der Waals surface area contributed by atoms with E-state index in [4.69, 9.17) is 23.8 Å². The van der Waals surface area contributed by atoms with Gasteiger partial charge in [-0.25, -0.2) is 4.68 Å². The fraction of sp³-hybridized carbons (Fsp3) is 0.529. The number of aryl methyl sites for hydroxylation is 1. The highest BCUT2D eigenvalue weighted by atomic mass is 35.5. The first kappa shape index (κ1) is 16.1. The first-order valence-electron chi connectivity index (χ1n) is 8.50. The van der Waals surface area contributed by atoms with Gasteiger partial charge in [-0.15, -0.1) is 0 Å². The van der Waals surface area contributed by atoms with Gasteiger partial charge in [0.1, 0.15) is 5.82 Å². The van der Waals surface area contributed by atoms with Crippen LogP contribution in [0, 0.1) is 11.7 Å². The standard InChI is InChI=1S/C17H22ClN5S/c1-13-19-22(17(24)23(13)15-5-6-15)12-20-7-9-21(10-8-20)16-4-2-3-14(18)11-16/h2-4,11,15H,5-10,12H2,1H3. The lowest BCUT2D eigenvalue weighted by Gasteiger charge is -2.35. The highest BCUT2D eigenvalue weighted by Crippen LogP contribution is 2.36. The first-order chi connectivity index (χ1) is 11.6. The number of benzene rings is 1. The summed E-state index contributed by atoms with van der Waals surface area (Å²) in [5, 5.41) is 5.45. The molecule has 2 fully saturated rings. The third-order valence-electron chi connectivity index (χ3n) is 4.83. The van der Waals surface area contributed by atoms with Crippen molar-refractivity contribution in [1.29, 1.82) is 0 Å². The Morgan fingerprint density at radius 3 is 2.62 bits per heavy atom. The quantitative estimate of drug-likeness (QED) is 0.777. The summed E-state index contributed by atoms with van der Waals surface area (Å²) < 4.78 is 5.07. The summed E-state index contributed by atoms with van der Waals surface area (Å²) in [6.07, 6.45) is 2.47. The molecule has 1 aromatic carbocycles. The summed E-state index contributed by atoms with van der Waals surface area (Å²) >= 11 is 11.7. The van der Waals surface area contributed by atoms with E-state index in [-0.39, 0.29) is 0 Å². The molecule has 24 heavy (non-hydrogen) atoms. The summed E-state index contributed by atoms with van der Waals surface area (Å²) in [6, 6.07) is 8.68. The first-order valence-corrected chi connectivity index (χ1v) is 9.29. The molecule has 7 heteroatoms. The SMILES string of the molecule is Cc1nn(CN2CCN(c3cccc(Cl)c3)CC2)c(=S)n1C1CC1. The highest BCUT2D eigenvalue weighted by molar-refractivity contribution is 7.71. The minimum atomic E-state index is 0.589. The van der Waals surface area contributed by atoms with E-state index in [1.165, 1.54) is 18.5 Å². The predicted molar refractivity (Wildman–Crippen MR) is 99.3 cm³/mol. The minimum Gasteiger partial charge on any atom is -0.369 e. The molecule has 0 bridgehead atoms. The molecule has 2 aliphatic rings. The second-order valence-corrected chi connectivity index (χ2v) is 7.46. The fourth-order valence-electron chi connectivity index (χ4n) is 3.38. The average Bonchev–Trinajstić information content (AvgIpc) is 3.35. The van der Waals surface area contributed by atoms with Crippen molar-refractivity contribution in [3.8, 4) is 0 Å². The maximum atomic E-state index is 6.10. The van der Waals surface area contributed by atoms with Crippen LogP contribution in [0.15, 0.2) is 24.3 Å². The van der Waals surface area contributed by atoms with E-state index in [0.29, 0.717) is 6.04 Å². The van der Waals surface area contributed by atoms with Crippen LogP contribution in [0.2, 0.25) is 5.02 Å². The Bertz CT molecular complexity index is 787. The van der Waals surface area contributed by atoms with Crippen LogP contribution in [0.5, 0.6) is 0 Å². The molecule has 128 valence electrons. The molecule has 1 aliphatic heterocycles. The number of hydrogen-bond donors (Lipinski definition) is 0. The van der Waals surface area contributed by atoms with Crippen molar-refractivity contribution in [2.24, 2.45) is 0 Å². The van der Waals surface area contributed by atoms with Gasteiger partial charge in [0.05, 0.1) is 6.67 Å². The van der Waals surface area contributed by atoms with Crippen LogP contribution in [0.3, 0.4) is 0 Å². The number of hydrogen-bond acceptors (Lipinski definition) is 4. The molecule has 0 radical (unpaired) electrons. The Hall–Kier alpha value is -1.37.